The van der Waals surface area contributed by atoms with Crippen LogP contribution in [0.1, 0.15) is 11.1 Å². The number of nitro groups is 1. The molecule has 0 atom stereocenters. The van der Waals surface area contributed by atoms with E-state index in [1.54, 1.807) is 25.4 Å². The van der Waals surface area contributed by atoms with Gasteiger partial charge in [0.15, 0.2) is 0 Å². The second kappa shape index (κ2) is 7.01. The molecule has 1 aromatic carbocycles. The van der Waals surface area contributed by atoms with Crippen LogP contribution in [0.4, 0.5) is 5.69 Å². The van der Waals surface area contributed by atoms with Gasteiger partial charge in [-0.1, -0.05) is 11.6 Å². The Labute approximate surface area is 126 Å². The monoisotopic (exact) mass is 307 g/mol. The minimum atomic E-state index is -0.414. The highest BCUT2D eigenvalue weighted by Crippen LogP contribution is 2.22. The predicted octanol–water partition coefficient (Wildman–Crippen LogP) is 2.94. The highest BCUT2D eigenvalue weighted by Gasteiger charge is 2.13. The quantitative estimate of drug-likeness (QED) is 0.656. The van der Waals surface area contributed by atoms with Gasteiger partial charge in [0.25, 0.3) is 5.69 Å². The van der Waals surface area contributed by atoms with Crippen molar-refractivity contribution in [2.45, 2.75) is 13.1 Å². The Bertz CT molecular complexity index is 649. The summed E-state index contributed by atoms with van der Waals surface area (Å²) in [6, 6.07) is 8.17. The van der Waals surface area contributed by atoms with Crippen molar-refractivity contribution < 1.29 is 9.66 Å². The van der Waals surface area contributed by atoms with Crippen LogP contribution >= 0.6 is 11.6 Å². The van der Waals surface area contributed by atoms with Crippen molar-refractivity contribution in [1.82, 2.24) is 10.3 Å². The lowest BCUT2D eigenvalue weighted by Gasteiger charge is -2.07. The summed E-state index contributed by atoms with van der Waals surface area (Å²) in [6.07, 6.45) is 1.65. The number of hydrogen-bond acceptors (Lipinski definition) is 5. The zero-order chi connectivity index (χ0) is 15.2. The molecule has 7 heteroatoms. The molecule has 0 spiro atoms. The van der Waals surface area contributed by atoms with Gasteiger partial charge in [-0.2, -0.15) is 0 Å². The molecule has 0 aliphatic rings. The van der Waals surface area contributed by atoms with E-state index in [4.69, 9.17) is 16.3 Å². The van der Waals surface area contributed by atoms with Crippen LogP contribution < -0.4 is 10.1 Å². The first kappa shape index (κ1) is 15.2. The Hall–Kier alpha value is -2.18. The topological polar surface area (TPSA) is 77.3 Å². The molecule has 6 nitrogen and oxygen atoms in total. The second-order valence-corrected chi connectivity index (χ2v) is 4.78. The Morgan fingerprint density at radius 1 is 1.33 bits per heavy atom. The number of pyridine rings is 1. The first-order chi connectivity index (χ1) is 10.1. The van der Waals surface area contributed by atoms with Gasteiger partial charge in [-0.3, -0.25) is 10.1 Å². The van der Waals surface area contributed by atoms with Gasteiger partial charge in [-0.05, 0) is 23.8 Å². The summed E-state index contributed by atoms with van der Waals surface area (Å²) in [4.78, 5) is 14.6. The van der Waals surface area contributed by atoms with Crippen molar-refractivity contribution in [2.75, 3.05) is 7.11 Å². The number of rotatable bonds is 6. The normalized spacial score (nSPS) is 10.4. The van der Waals surface area contributed by atoms with E-state index in [1.165, 1.54) is 12.1 Å². The molecule has 0 amide bonds. The second-order valence-electron chi connectivity index (χ2n) is 4.34. The highest BCUT2D eigenvalue weighted by atomic mass is 35.5. The smallest absolute Gasteiger partial charge is 0.273 e. The molecule has 0 aliphatic carbocycles. The summed E-state index contributed by atoms with van der Waals surface area (Å²) in [5.74, 6) is 0.531. The lowest BCUT2D eigenvalue weighted by atomic mass is 10.1. The minimum Gasteiger partial charge on any atom is -0.481 e. The Morgan fingerprint density at radius 2 is 2.14 bits per heavy atom. The first-order valence-corrected chi connectivity index (χ1v) is 6.60. The van der Waals surface area contributed by atoms with Crippen LogP contribution in [0.5, 0.6) is 5.88 Å². The maximum absolute atomic E-state index is 11.0. The number of nitrogens with one attached hydrogen (secondary N) is 1. The molecule has 0 saturated heterocycles. The zero-order valence-corrected chi connectivity index (χ0v) is 12.1. The summed E-state index contributed by atoms with van der Waals surface area (Å²) in [5.41, 5.74) is 1.58. The van der Waals surface area contributed by atoms with Gasteiger partial charge in [0.1, 0.15) is 0 Å². The lowest BCUT2D eigenvalue weighted by Crippen LogP contribution is -2.14. The molecule has 1 N–H and O–H groups in total. The summed E-state index contributed by atoms with van der Waals surface area (Å²) in [6.45, 7) is 0.893. The number of nitrogens with zero attached hydrogens (tertiary/aromatic N) is 2. The lowest BCUT2D eigenvalue weighted by molar-refractivity contribution is -0.385. The molecule has 2 aromatic rings. The average Bonchev–Trinajstić information content (AvgIpc) is 2.47. The molecule has 0 saturated carbocycles. The standard InChI is InChI=1S/C14H14ClN3O3/c1-21-14-6-10(4-5-17-14)8-16-9-11-7-12(15)2-3-13(11)18(19)20/h2-7,16H,8-9H2,1H3. The number of ether oxygens (including phenoxy) is 1. The summed E-state index contributed by atoms with van der Waals surface area (Å²) >= 11 is 5.88. The van der Waals surface area contributed by atoms with Crippen LogP contribution in [-0.4, -0.2) is 17.0 Å². The van der Waals surface area contributed by atoms with Crippen molar-refractivity contribution in [3.63, 3.8) is 0 Å². The molecule has 2 rings (SSSR count). The van der Waals surface area contributed by atoms with Gasteiger partial charge >= 0.3 is 0 Å². The third-order valence-corrected chi connectivity index (χ3v) is 3.13. The SMILES string of the molecule is COc1cc(CNCc2cc(Cl)ccc2[N+](=O)[O-])ccn1. The molecule has 0 unspecified atom stereocenters. The highest BCUT2D eigenvalue weighted by molar-refractivity contribution is 6.30. The Balaban J connectivity index is 2.03. The maximum Gasteiger partial charge on any atom is 0.273 e. The maximum atomic E-state index is 11.0. The van der Waals surface area contributed by atoms with E-state index in [0.717, 1.165) is 5.56 Å². The Morgan fingerprint density at radius 3 is 2.86 bits per heavy atom. The van der Waals surface area contributed by atoms with Crippen LogP contribution in [0.15, 0.2) is 36.5 Å². The van der Waals surface area contributed by atoms with E-state index in [0.29, 0.717) is 29.6 Å². The number of nitro benzene ring substituents is 1. The number of methoxy groups -OCH3 is 1. The largest absolute Gasteiger partial charge is 0.481 e. The first-order valence-electron chi connectivity index (χ1n) is 6.22. The van der Waals surface area contributed by atoms with Crippen LogP contribution in [0.25, 0.3) is 0 Å². The fraction of sp³-hybridized carbons (Fsp3) is 0.214. The molecular weight excluding hydrogens is 294 g/mol. The van der Waals surface area contributed by atoms with E-state index in [9.17, 15) is 10.1 Å². The fourth-order valence-corrected chi connectivity index (χ4v) is 2.08. The van der Waals surface area contributed by atoms with Gasteiger partial charge in [-0.25, -0.2) is 4.98 Å². The fourth-order valence-electron chi connectivity index (χ4n) is 1.89. The van der Waals surface area contributed by atoms with Gasteiger partial charge in [0, 0.05) is 42.0 Å². The predicted molar refractivity (Wildman–Crippen MR) is 79.4 cm³/mol. The molecule has 110 valence electrons. The van der Waals surface area contributed by atoms with Crippen LogP contribution in [0, 0.1) is 10.1 Å². The molecule has 0 aliphatic heterocycles. The molecular formula is C14H14ClN3O3. The van der Waals surface area contributed by atoms with Crippen molar-refractivity contribution in [1.29, 1.82) is 0 Å². The van der Waals surface area contributed by atoms with Crippen molar-refractivity contribution in [3.05, 3.63) is 62.8 Å². The summed E-state index contributed by atoms with van der Waals surface area (Å²) in [7, 11) is 1.55. The number of benzene rings is 1. The van der Waals surface area contributed by atoms with Crippen LogP contribution in [0.2, 0.25) is 5.02 Å². The van der Waals surface area contributed by atoms with E-state index in [-0.39, 0.29) is 5.69 Å². The number of aromatic nitrogens is 1. The third kappa shape index (κ3) is 4.14. The molecule has 0 bridgehead atoms. The number of halogens is 1. The zero-order valence-electron chi connectivity index (χ0n) is 11.4. The van der Waals surface area contributed by atoms with Gasteiger partial charge in [0.2, 0.25) is 5.88 Å². The molecule has 0 fully saturated rings. The summed E-state index contributed by atoms with van der Waals surface area (Å²) in [5, 5.41) is 14.6. The van der Waals surface area contributed by atoms with E-state index < -0.39 is 4.92 Å². The van der Waals surface area contributed by atoms with Crippen LogP contribution in [0.3, 0.4) is 0 Å². The van der Waals surface area contributed by atoms with Gasteiger partial charge in [0.05, 0.1) is 12.0 Å². The third-order valence-electron chi connectivity index (χ3n) is 2.89. The van der Waals surface area contributed by atoms with Gasteiger partial charge < -0.3 is 10.1 Å². The Kier molecular flexibility index (Phi) is 5.08. The van der Waals surface area contributed by atoms with Crippen molar-refractivity contribution in [3.8, 4) is 5.88 Å². The summed E-state index contributed by atoms with van der Waals surface area (Å²) < 4.78 is 5.04. The van der Waals surface area contributed by atoms with E-state index in [2.05, 4.69) is 10.3 Å². The van der Waals surface area contributed by atoms with E-state index in [1.807, 2.05) is 6.07 Å². The van der Waals surface area contributed by atoms with Crippen LogP contribution in [-0.2, 0) is 13.1 Å². The van der Waals surface area contributed by atoms with Gasteiger partial charge in [-0.15, -0.1) is 0 Å². The molecule has 21 heavy (non-hydrogen) atoms. The van der Waals surface area contributed by atoms with E-state index >= 15 is 0 Å². The average molecular weight is 308 g/mol. The number of hydrogen-bond donors (Lipinski definition) is 1. The van der Waals surface area contributed by atoms with Crippen molar-refractivity contribution >= 4 is 17.3 Å². The molecule has 1 aromatic heterocycles. The van der Waals surface area contributed by atoms with Crippen molar-refractivity contribution in [2.24, 2.45) is 0 Å². The minimum absolute atomic E-state index is 0.0548. The molecule has 0 radical (unpaired) electrons. The molecule has 1 heterocycles.